The number of pyridine rings is 1. The third-order valence-electron chi connectivity index (χ3n) is 8.37. The van der Waals surface area contributed by atoms with E-state index in [0.717, 1.165) is 6.07 Å². The van der Waals surface area contributed by atoms with Crippen LogP contribution in [-0.4, -0.2) is 66.5 Å². The fourth-order valence-electron chi connectivity index (χ4n) is 6.06. The average Bonchev–Trinajstić information content (AvgIpc) is 3.60. The zero-order valence-corrected chi connectivity index (χ0v) is 24.2. The standard InChI is InChI=1S/C31H31F2N3O8/c1-16-14-43-29-26-21(28(38)22(30(39)40)13-35(16)26)10-24(33)27(29)34-8-7-18(11-34)15-42-25-6-4-19(9-23(25)32)36-12-20(44-31(36)41)5-3-17(2)37/h4,6,9-10,13,16,18,20H,3,5,7-8,11-12,14-15H2,1-2H3,(H,39,40)/t16?,18?,20-/m0/s1. The molecule has 3 aliphatic rings. The zero-order chi connectivity index (χ0) is 31.3. The van der Waals surface area contributed by atoms with Crippen molar-refractivity contribution in [2.45, 2.75) is 45.3 Å². The number of hydrogen-bond acceptors (Lipinski definition) is 8. The SMILES string of the molecule is CC(=O)CC[C@H]1CN(c2ccc(OCC3CCN(c4c(F)cc5c(=O)c(C(=O)O)cn6c5c4OCC6C)C3)c(F)c2)C(=O)O1. The molecule has 44 heavy (non-hydrogen) atoms. The van der Waals surface area contributed by atoms with Gasteiger partial charge in [-0.25, -0.2) is 18.4 Å². The van der Waals surface area contributed by atoms with E-state index < -0.39 is 40.8 Å². The predicted octanol–water partition coefficient (Wildman–Crippen LogP) is 4.53. The van der Waals surface area contributed by atoms with Crippen LogP contribution in [0.4, 0.5) is 25.0 Å². The summed E-state index contributed by atoms with van der Waals surface area (Å²) in [5.41, 5.74) is -0.344. The van der Waals surface area contributed by atoms with Crippen molar-refractivity contribution in [2.24, 2.45) is 5.92 Å². The van der Waals surface area contributed by atoms with E-state index in [2.05, 4.69) is 0 Å². The molecule has 232 valence electrons. The summed E-state index contributed by atoms with van der Waals surface area (Å²) in [6.45, 7) is 4.68. The topological polar surface area (TPSA) is 128 Å². The lowest BCUT2D eigenvalue weighted by molar-refractivity contribution is -0.117. The zero-order valence-electron chi connectivity index (χ0n) is 24.2. The first-order valence-corrected chi connectivity index (χ1v) is 14.4. The second kappa shape index (κ2) is 11.4. The first-order chi connectivity index (χ1) is 21.0. The summed E-state index contributed by atoms with van der Waals surface area (Å²) >= 11 is 0. The molecule has 0 aliphatic carbocycles. The number of ether oxygens (including phenoxy) is 3. The Bertz CT molecular complexity index is 1740. The molecule has 1 amide bonds. The molecular weight excluding hydrogens is 580 g/mol. The number of Topliss-reactive ketones (excluding diaryl/α,β-unsaturated/α-hetero) is 1. The Kier molecular flexibility index (Phi) is 7.64. The van der Waals surface area contributed by atoms with Crippen molar-refractivity contribution in [3.8, 4) is 11.5 Å². The molecule has 0 spiro atoms. The molecular formula is C31H31F2N3O8. The fourth-order valence-corrected chi connectivity index (χ4v) is 6.06. The first-order valence-electron chi connectivity index (χ1n) is 14.4. The lowest BCUT2D eigenvalue weighted by Crippen LogP contribution is -2.29. The molecule has 3 atom stereocenters. The van der Waals surface area contributed by atoms with Gasteiger partial charge in [0.25, 0.3) is 0 Å². The second-order valence-corrected chi connectivity index (χ2v) is 11.6. The van der Waals surface area contributed by atoms with Crippen molar-refractivity contribution >= 4 is 40.1 Å². The molecule has 4 heterocycles. The van der Waals surface area contributed by atoms with Crippen LogP contribution >= 0.6 is 0 Å². The average molecular weight is 612 g/mol. The van der Waals surface area contributed by atoms with Crippen molar-refractivity contribution in [3.63, 3.8) is 0 Å². The molecule has 1 aromatic heterocycles. The minimum Gasteiger partial charge on any atom is -0.490 e. The molecule has 0 saturated carbocycles. The number of carboxylic acids is 1. The van der Waals surface area contributed by atoms with E-state index in [4.69, 9.17) is 14.2 Å². The predicted molar refractivity (Wildman–Crippen MR) is 155 cm³/mol. The van der Waals surface area contributed by atoms with Gasteiger partial charge in [-0.05, 0) is 44.9 Å². The van der Waals surface area contributed by atoms with Gasteiger partial charge in [0, 0.05) is 37.7 Å². The molecule has 0 radical (unpaired) electrons. The summed E-state index contributed by atoms with van der Waals surface area (Å²) in [7, 11) is 0. The summed E-state index contributed by atoms with van der Waals surface area (Å²) in [5, 5.41) is 9.44. The third-order valence-corrected chi connectivity index (χ3v) is 8.37. The van der Waals surface area contributed by atoms with Crippen LogP contribution in [0.15, 0.2) is 35.3 Å². The highest BCUT2D eigenvalue weighted by molar-refractivity contribution is 5.97. The molecule has 2 fully saturated rings. The van der Waals surface area contributed by atoms with Gasteiger partial charge in [0.15, 0.2) is 23.1 Å². The lowest BCUT2D eigenvalue weighted by atomic mass is 10.1. The minimum absolute atomic E-state index is 0.000497. The number of hydrogen-bond donors (Lipinski definition) is 1. The third kappa shape index (κ3) is 5.31. The number of halogens is 2. The van der Waals surface area contributed by atoms with Gasteiger partial charge in [-0.15, -0.1) is 0 Å². The molecule has 3 aliphatic heterocycles. The lowest BCUT2D eigenvalue weighted by Gasteiger charge is -2.31. The van der Waals surface area contributed by atoms with Crippen LogP contribution < -0.4 is 24.7 Å². The number of rotatable bonds is 9. The van der Waals surface area contributed by atoms with Gasteiger partial charge in [-0.2, -0.15) is 0 Å². The number of carboxylic acid groups (broad SMARTS) is 1. The molecule has 2 unspecified atom stereocenters. The largest absolute Gasteiger partial charge is 0.490 e. The second-order valence-electron chi connectivity index (χ2n) is 11.6. The Morgan fingerprint density at radius 2 is 1.93 bits per heavy atom. The summed E-state index contributed by atoms with van der Waals surface area (Å²) in [4.78, 5) is 51.2. The smallest absolute Gasteiger partial charge is 0.414 e. The quantitative estimate of drug-likeness (QED) is 0.371. The van der Waals surface area contributed by atoms with Gasteiger partial charge >= 0.3 is 12.1 Å². The number of carbonyl (C=O) groups excluding carboxylic acids is 2. The maximum atomic E-state index is 15.6. The van der Waals surface area contributed by atoms with E-state index in [0.29, 0.717) is 43.6 Å². The monoisotopic (exact) mass is 611 g/mol. The van der Waals surface area contributed by atoms with Gasteiger partial charge in [0.1, 0.15) is 29.7 Å². The molecule has 0 bridgehead atoms. The van der Waals surface area contributed by atoms with Crippen LogP contribution in [0.5, 0.6) is 11.5 Å². The van der Waals surface area contributed by atoms with Crippen LogP contribution in [-0.2, 0) is 9.53 Å². The normalized spacial score (nSPS) is 21.0. The summed E-state index contributed by atoms with van der Waals surface area (Å²) in [6.07, 6.45) is 1.56. The molecule has 6 rings (SSSR count). The van der Waals surface area contributed by atoms with Crippen LogP contribution in [0.1, 0.15) is 49.5 Å². The van der Waals surface area contributed by atoms with Crippen LogP contribution in [0.3, 0.4) is 0 Å². The van der Waals surface area contributed by atoms with Crippen molar-refractivity contribution < 1.29 is 42.5 Å². The highest BCUT2D eigenvalue weighted by Crippen LogP contribution is 2.43. The Morgan fingerprint density at radius 1 is 1.14 bits per heavy atom. The van der Waals surface area contributed by atoms with Gasteiger partial charge in [0.05, 0.1) is 35.8 Å². The van der Waals surface area contributed by atoms with Crippen LogP contribution in [0.25, 0.3) is 10.9 Å². The van der Waals surface area contributed by atoms with Crippen molar-refractivity contribution in [1.82, 2.24) is 4.57 Å². The Labute approximate surface area is 250 Å². The van der Waals surface area contributed by atoms with E-state index in [1.807, 2.05) is 6.92 Å². The van der Waals surface area contributed by atoms with E-state index in [-0.39, 0.29) is 60.1 Å². The molecule has 2 saturated heterocycles. The highest BCUT2D eigenvalue weighted by atomic mass is 19.1. The van der Waals surface area contributed by atoms with Gasteiger partial charge < -0.3 is 33.6 Å². The van der Waals surface area contributed by atoms with Gasteiger partial charge in [0.2, 0.25) is 5.43 Å². The van der Waals surface area contributed by atoms with Crippen LogP contribution in [0, 0.1) is 17.6 Å². The van der Waals surface area contributed by atoms with Crippen molar-refractivity contribution in [1.29, 1.82) is 0 Å². The van der Waals surface area contributed by atoms with E-state index >= 15 is 4.39 Å². The molecule has 2 aromatic carbocycles. The number of cyclic esters (lactones) is 1. The van der Waals surface area contributed by atoms with E-state index in [9.17, 15) is 28.7 Å². The molecule has 3 aromatic rings. The number of anilines is 2. The molecule has 13 heteroatoms. The Morgan fingerprint density at radius 3 is 2.66 bits per heavy atom. The van der Waals surface area contributed by atoms with Crippen LogP contribution in [0.2, 0.25) is 0 Å². The maximum absolute atomic E-state index is 15.6. The highest BCUT2D eigenvalue weighted by Gasteiger charge is 2.35. The number of carbonyl (C=O) groups is 3. The summed E-state index contributed by atoms with van der Waals surface area (Å²) < 4.78 is 49.2. The Hall–Kier alpha value is -4.68. The number of aromatic nitrogens is 1. The molecule has 1 N–H and O–H groups in total. The van der Waals surface area contributed by atoms with Crippen molar-refractivity contribution in [2.75, 3.05) is 42.6 Å². The summed E-state index contributed by atoms with van der Waals surface area (Å²) in [6, 6.07) is 5.01. The first kappa shape index (κ1) is 29.4. The van der Waals surface area contributed by atoms with Gasteiger partial charge in [-0.3, -0.25) is 9.69 Å². The number of amides is 1. The van der Waals surface area contributed by atoms with Crippen molar-refractivity contribution in [3.05, 3.63) is 57.9 Å². The summed E-state index contributed by atoms with van der Waals surface area (Å²) in [5.74, 6) is -2.60. The number of aromatic carboxylic acids is 1. The maximum Gasteiger partial charge on any atom is 0.414 e. The Balaban J connectivity index is 1.15. The molecule has 11 nitrogen and oxygen atoms in total. The minimum atomic E-state index is -1.38. The van der Waals surface area contributed by atoms with E-state index in [1.54, 1.807) is 15.5 Å². The van der Waals surface area contributed by atoms with Gasteiger partial charge in [-0.1, -0.05) is 0 Å². The van der Waals surface area contributed by atoms with E-state index in [1.165, 1.54) is 30.2 Å². The fraction of sp³-hybridized carbons (Fsp3) is 0.419. The number of benzene rings is 2. The number of nitrogens with zero attached hydrogens (tertiary/aromatic N) is 3. The number of ketones is 1.